The molecular weight excluding hydrogens is 547 g/mol. The van der Waals surface area contributed by atoms with E-state index in [4.69, 9.17) is 16.3 Å². The van der Waals surface area contributed by atoms with Crippen molar-refractivity contribution in [2.24, 2.45) is 11.8 Å². The molecule has 0 radical (unpaired) electrons. The van der Waals surface area contributed by atoms with Crippen molar-refractivity contribution in [3.05, 3.63) is 58.6 Å². The number of hydrogen-bond donors (Lipinski definition) is 2. The van der Waals surface area contributed by atoms with Gasteiger partial charge in [-0.3, -0.25) is 9.59 Å². The highest BCUT2D eigenvalue weighted by Gasteiger charge is 2.62. The molecule has 2 aliphatic heterocycles. The molecule has 0 unspecified atom stereocenters. The average Bonchev–Trinajstić information content (AvgIpc) is 2.96. The molecule has 1 atom stereocenters. The number of carbonyl (C=O) groups is 2. The summed E-state index contributed by atoms with van der Waals surface area (Å²) in [4.78, 5) is 28.4. The SMILES string of the molecule is CNC(=O)c1ccc(N2CCC(CC3CCN(C(=O)[C@@](O)(c4cccc(OC)c4)C(F)(F)F)CC3)CC2)cc1Cl. The zero-order valence-electron chi connectivity index (χ0n) is 22.6. The maximum absolute atomic E-state index is 14.1. The maximum atomic E-state index is 14.1. The topological polar surface area (TPSA) is 82.1 Å². The van der Waals surface area contributed by atoms with Gasteiger partial charge in [0.15, 0.2) is 0 Å². The second-order valence-corrected chi connectivity index (χ2v) is 11.0. The first kappa shape index (κ1) is 30.0. The Kier molecular flexibility index (Phi) is 9.19. The van der Waals surface area contributed by atoms with Crippen molar-refractivity contribution in [1.82, 2.24) is 10.2 Å². The Balaban J connectivity index is 1.31. The van der Waals surface area contributed by atoms with Gasteiger partial charge in [0.25, 0.3) is 17.4 Å². The molecule has 0 saturated carbocycles. The number of methoxy groups -OCH3 is 1. The number of aliphatic hydroxyl groups is 1. The summed E-state index contributed by atoms with van der Waals surface area (Å²) in [5.41, 5.74) is -2.79. The number of likely N-dealkylation sites (tertiary alicyclic amines) is 1. The zero-order chi connectivity index (χ0) is 29.1. The predicted octanol–water partition coefficient (Wildman–Crippen LogP) is 5.00. The number of carbonyl (C=O) groups excluding carboxylic acids is 2. The van der Waals surface area contributed by atoms with Gasteiger partial charge in [-0.05, 0) is 74.3 Å². The van der Waals surface area contributed by atoms with Crippen molar-refractivity contribution in [1.29, 1.82) is 0 Å². The molecule has 218 valence electrons. The number of ether oxygens (including phenoxy) is 1. The number of anilines is 1. The van der Waals surface area contributed by atoms with E-state index in [-0.39, 0.29) is 24.7 Å². The van der Waals surface area contributed by atoms with Gasteiger partial charge in [0.2, 0.25) is 0 Å². The third-order valence-electron chi connectivity index (χ3n) is 8.18. The lowest BCUT2D eigenvalue weighted by atomic mass is 9.82. The molecule has 2 fully saturated rings. The Labute approximate surface area is 237 Å². The molecule has 2 heterocycles. The van der Waals surface area contributed by atoms with Crippen LogP contribution in [0.15, 0.2) is 42.5 Å². The molecule has 2 aromatic rings. The van der Waals surface area contributed by atoms with Crippen LogP contribution < -0.4 is 15.0 Å². The maximum Gasteiger partial charge on any atom is 0.430 e. The Morgan fingerprint density at radius 2 is 1.65 bits per heavy atom. The summed E-state index contributed by atoms with van der Waals surface area (Å²) in [5, 5.41) is 13.8. The van der Waals surface area contributed by atoms with Crippen molar-refractivity contribution in [2.75, 3.05) is 45.2 Å². The smallest absolute Gasteiger partial charge is 0.430 e. The van der Waals surface area contributed by atoms with Crippen LogP contribution in [0.4, 0.5) is 18.9 Å². The van der Waals surface area contributed by atoms with E-state index < -0.39 is 23.2 Å². The van der Waals surface area contributed by atoms with Crippen LogP contribution in [0, 0.1) is 11.8 Å². The van der Waals surface area contributed by atoms with Crippen LogP contribution in [0.2, 0.25) is 5.02 Å². The number of piperidine rings is 2. The number of hydrogen-bond acceptors (Lipinski definition) is 5. The number of alkyl halides is 3. The third kappa shape index (κ3) is 6.17. The Morgan fingerprint density at radius 3 is 2.20 bits per heavy atom. The van der Waals surface area contributed by atoms with Gasteiger partial charge in [0.05, 0.1) is 17.7 Å². The van der Waals surface area contributed by atoms with Crippen LogP contribution >= 0.6 is 11.6 Å². The lowest BCUT2D eigenvalue weighted by Gasteiger charge is -2.40. The summed E-state index contributed by atoms with van der Waals surface area (Å²) in [5.74, 6) is -0.667. The van der Waals surface area contributed by atoms with Gasteiger partial charge in [-0.2, -0.15) is 13.2 Å². The molecule has 2 saturated heterocycles. The van der Waals surface area contributed by atoms with Crippen LogP contribution in [0.1, 0.15) is 48.0 Å². The fourth-order valence-electron chi connectivity index (χ4n) is 5.77. The monoisotopic (exact) mass is 581 g/mol. The average molecular weight is 582 g/mol. The molecule has 0 aliphatic carbocycles. The number of nitrogens with one attached hydrogen (secondary N) is 1. The molecule has 2 aliphatic rings. The molecule has 2 amide bonds. The predicted molar refractivity (Wildman–Crippen MR) is 147 cm³/mol. The first-order chi connectivity index (χ1) is 19.0. The molecule has 2 N–H and O–H groups in total. The fraction of sp³-hybridized carbons (Fsp3) is 0.517. The molecule has 40 heavy (non-hydrogen) atoms. The van der Waals surface area contributed by atoms with Gasteiger partial charge < -0.3 is 25.0 Å². The van der Waals surface area contributed by atoms with E-state index in [2.05, 4.69) is 10.2 Å². The van der Waals surface area contributed by atoms with Gasteiger partial charge >= 0.3 is 6.18 Å². The second-order valence-electron chi connectivity index (χ2n) is 10.6. The summed E-state index contributed by atoms with van der Waals surface area (Å²) in [7, 11) is 2.87. The standard InChI is InChI=1S/C29H35ClF3N3O4/c1-34-26(37)24-7-6-22(18-25(24)30)35-12-8-19(9-13-35)16-20-10-14-36(15-11-20)27(38)28(39,29(31,32)33)21-4-3-5-23(17-21)40-2/h3-7,17-20,39H,8-16H2,1-2H3,(H,34,37)/t28-/m0/s1. The van der Waals surface area contributed by atoms with Crippen molar-refractivity contribution >= 4 is 29.1 Å². The van der Waals surface area contributed by atoms with E-state index in [1.807, 2.05) is 12.1 Å². The zero-order valence-corrected chi connectivity index (χ0v) is 23.4. The van der Waals surface area contributed by atoms with E-state index >= 15 is 0 Å². The normalized spacial score (nSPS) is 18.8. The van der Waals surface area contributed by atoms with E-state index in [1.54, 1.807) is 13.1 Å². The first-order valence-electron chi connectivity index (χ1n) is 13.5. The molecule has 2 aromatic carbocycles. The van der Waals surface area contributed by atoms with Crippen LogP contribution in [0.25, 0.3) is 0 Å². The Bertz CT molecular complexity index is 1210. The van der Waals surface area contributed by atoms with Gasteiger partial charge in [-0.1, -0.05) is 23.7 Å². The van der Waals surface area contributed by atoms with E-state index in [0.717, 1.165) is 55.1 Å². The third-order valence-corrected chi connectivity index (χ3v) is 8.49. The van der Waals surface area contributed by atoms with E-state index in [1.165, 1.54) is 19.2 Å². The lowest BCUT2D eigenvalue weighted by Crippen LogP contribution is -2.57. The molecular formula is C29H35ClF3N3O4. The van der Waals surface area contributed by atoms with Gasteiger partial charge in [-0.15, -0.1) is 0 Å². The van der Waals surface area contributed by atoms with E-state index in [0.29, 0.717) is 35.3 Å². The summed E-state index contributed by atoms with van der Waals surface area (Å²) >= 11 is 6.32. The van der Waals surface area contributed by atoms with Crippen molar-refractivity contribution in [3.8, 4) is 5.75 Å². The van der Waals surface area contributed by atoms with Gasteiger partial charge in [-0.25, -0.2) is 0 Å². The highest BCUT2D eigenvalue weighted by atomic mass is 35.5. The quantitative estimate of drug-likeness (QED) is 0.481. The summed E-state index contributed by atoms with van der Waals surface area (Å²) in [6.45, 7) is 2.02. The molecule has 0 bridgehead atoms. The van der Waals surface area contributed by atoms with Crippen LogP contribution in [-0.4, -0.2) is 68.3 Å². The minimum absolute atomic E-state index is 0.127. The van der Waals surface area contributed by atoms with Crippen molar-refractivity contribution < 1.29 is 32.6 Å². The largest absolute Gasteiger partial charge is 0.497 e. The number of halogens is 4. The first-order valence-corrected chi connectivity index (χ1v) is 13.8. The highest BCUT2D eigenvalue weighted by Crippen LogP contribution is 2.42. The van der Waals surface area contributed by atoms with Gasteiger partial charge in [0, 0.05) is 44.5 Å². The van der Waals surface area contributed by atoms with E-state index in [9.17, 15) is 27.9 Å². The van der Waals surface area contributed by atoms with Crippen LogP contribution in [-0.2, 0) is 10.4 Å². The number of amides is 2. The Hall–Kier alpha value is -2.98. The molecule has 11 heteroatoms. The van der Waals surface area contributed by atoms with Crippen LogP contribution in [0.3, 0.4) is 0 Å². The molecule has 0 aromatic heterocycles. The minimum atomic E-state index is -5.19. The van der Waals surface area contributed by atoms with Crippen LogP contribution in [0.5, 0.6) is 5.75 Å². The highest BCUT2D eigenvalue weighted by molar-refractivity contribution is 6.34. The summed E-state index contributed by atoms with van der Waals surface area (Å²) in [6.07, 6.45) is -1.11. The number of benzene rings is 2. The van der Waals surface area contributed by atoms with Gasteiger partial charge in [0.1, 0.15) is 5.75 Å². The minimum Gasteiger partial charge on any atom is -0.497 e. The second kappa shape index (κ2) is 12.3. The van der Waals surface area contributed by atoms with Crippen molar-refractivity contribution in [2.45, 2.75) is 43.9 Å². The summed E-state index contributed by atoms with van der Waals surface area (Å²) < 4.78 is 47.3. The molecule has 0 spiro atoms. The summed E-state index contributed by atoms with van der Waals surface area (Å²) in [6, 6.07) is 10.4. The number of nitrogens with zero attached hydrogens (tertiary/aromatic N) is 2. The number of rotatable bonds is 7. The molecule has 7 nitrogen and oxygen atoms in total. The van der Waals surface area contributed by atoms with Crippen molar-refractivity contribution in [3.63, 3.8) is 0 Å². The Morgan fingerprint density at radius 1 is 1.02 bits per heavy atom. The lowest BCUT2D eigenvalue weighted by molar-refractivity contribution is -0.262. The molecule has 4 rings (SSSR count). The fourth-order valence-corrected chi connectivity index (χ4v) is 6.04.